The number of anilines is 2. The molecule has 0 spiro atoms. The lowest BCUT2D eigenvalue weighted by Crippen LogP contribution is -2.51. The maximum atomic E-state index is 12.5. The van der Waals surface area contributed by atoms with E-state index in [0.717, 1.165) is 51.4 Å². The van der Waals surface area contributed by atoms with Gasteiger partial charge in [-0.2, -0.15) is 5.10 Å². The van der Waals surface area contributed by atoms with Crippen LogP contribution >= 0.6 is 0 Å². The predicted molar refractivity (Wildman–Crippen MR) is 151 cm³/mol. The first-order valence-electron chi connectivity index (χ1n) is 14.7. The molecule has 0 heterocycles. The highest BCUT2D eigenvalue weighted by atomic mass is 16.6. The molecule has 0 bridgehead atoms. The van der Waals surface area contributed by atoms with Crippen LogP contribution in [0.3, 0.4) is 0 Å². The number of non-ortho nitro benzene ring substituents is 1. The van der Waals surface area contributed by atoms with Gasteiger partial charge in [-0.25, -0.2) is 0 Å². The summed E-state index contributed by atoms with van der Waals surface area (Å²) in [5.74, 6) is 1.22. The van der Waals surface area contributed by atoms with Gasteiger partial charge in [-0.3, -0.25) is 20.3 Å². The fourth-order valence-electron chi connectivity index (χ4n) is 9.90. The number of rotatable bonds is 8. The first-order valence-corrected chi connectivity index (χ1v) is 14.7. The second-order valence-electron chi connectivity index (χ2n) is 13.4. The van der Waals surface area contributed by atoms with Gasteiger partial charge >= 0.3 is 5.97 Å². The van der Waals surface area contributed by atoms with Crippen LogP contribution in [-0.2, 0) is 4.79 Å². The molecule has 39 heavy (non-hydrogen) atoms. The third kappa shape index (κ3) is 4.41. The largest absolute Gasteiger partial charge is 0.481 e. The van der Waals surface area contributed by atoms with E-state index in [4.69, 9.17) is 5.73 Å². The Morgan fingerprint density at radius 2 is 1.97 bits per heavy atom. The summed E-state index contributed by atoms with van der Waals surface area (Å²) in [6, 6.07) is 4.30. The minimum absolute atomic E-state index is 0.0668. The summed E-state index contributed by atoms with van der Waals surface area (Å²) in [5.41, 5.74) is 8.90. The van der Waals surface area contributed by atoms with E-state index in [-0.39, 0.29) is 34.5 Å². The van der Waals surface area contributed by atoms with Crippen molar-refractivity contribution in [2.24, 2.45) is 51.4 Å². The lowest BCUT2D eigenvalue weighted by Gasteiger charge is -2.52. The first-order chi connectivity index (χ1) is 18.4. The zero-order valence-corrected chi connectivity index (χ0v) is 23.4. The summed E-state index contributed by atoms with van der Waals surface area (Å²) < 4.78 is 0. The summed E-state index contributed by atoms with van der Waals surface area (Å²) in [5, 5.41) is 37.4. The summed E-state index contributed by atoms with van der Waals surface area (Å²) >= 11 is 0. The number of benzene rings is 1. The fourth-order valence-corrected chi connectivity index (χ4v) is 9.90. The molecule has 5 N–H and O–H groups in total. The highest BCUT2D eigenvalue weighted by molar-refractivity contribution is 5.72. The van der Waals surface area contributed by atoms with Gasteiger partial charge in [0.2, 0.25) is 0 Å². The molecule has 4 aliphatic carbocycles. The van der Waals surface area contributed by atoms with Gasteiger partial charge in [0.25, 0.3) is 5.69 Å². The monoisotopic (exact) mass is 540 g/mol. The van der Waals surface area contributed by atoms with Crippen LogP contribution in [0.4, 0.5) is 17.1 Å². The number of nitrogens with zero attached hydrogens (tertiary/aromatic N) is 2. The van der Waals surface area contributed by atoms with Gasteiger partial charge in [-0.15, -0.1) is 0 Å². The number of nitrogens with one attached hydrogen (secondary N) is 1. The SMILES string of the molecule is C[C@H](CCC(=O)O)[C@H]1CCC2C3C(CC[C@@]21C)[C@@]1(C)CCCC[C@@]1(O)[C@@H]3/C=N/Nc1ccc([N+](=O)[O-])cc1N. The number of hydrogen-bond donors (Lipinski definition) is 4. The fraction of sp³-hybridized carbons (Fsp3) is 0.733. The Hall–Kier alpha value is -2.68. The maximum absolute atomic E-state index is 12.5. The molecule has 0 saturated heterocycles. The van der Waals surface area contributed by atoms with Gasteiger partial charge in [0.05, 0.1) is 21.9 Å². The van der Waals surface area contributed by atoms with Crippen LogP contribution in [0.2, 0.25) is 0 Å². The Morgan fingerprint density at radius 1 is 1.23 bits per heavy atom. The molecule has 0 aromatic heterocycles. The van der Waals surface area contributed by atoms with Gasteiger partial charge in [0.1, 0.15) is 0 Å². The molecule has 5 rings (SSSR count). The predicted octanol–water partition coefficient (Wildman–Crippen LogP) is 6.08. The summed E-state index contributed by atoms with van der Waals surface area (Å²) in [7, 11) is 0. The van der Waals surface area contributed by atoms with Crippen molar-refractivity contribution < 1.29 is 19.9 Å². The van der Waals surface area contributed by atoms with Gasteiger partial charge in [0, 0.05) is 36.1 Å². The highest BCUT2D eigenvalue weighted by Gasteiger charge is 2.71. The van der Waals surface area contributed by atoms with E-state index in [1.807, 2.05) is 6.21 Å². The number of hydrogen-bond acceptors (Lipinski definition) is 7. The number of carboxylic acid groups (broad SMARTS) is 1. The van der Waals surface area contributed by atoms with Crippen molar-refractivity contribution in [1.29, 1.82) is 0 Å². The number of nitrogens with two attached hydrogens (primary N) is 1. The smallest absolute Gasteiger partial charge is 0.303 e. The number of carboxylic acids is 1. The standard InChI is InChI=1S/C30H44N4O5/c1-18(6-11-26(35)36)20-8-9-21-27-22(12-15-28(20,21)2)29(3)13-4-5-14-30(29,37)23(27)17-32-33-25-10-7-19(34(38)39)16-24(25)31/h7,10,16-18,20-23,27,33,37H,4-6,8-9,11-15,31H2,1-3H3,(H,35,36)/b32-17+/t18-,20-,21?,22?,23-,27?,28-,29-,30-/m1/s1. The van der Waals surface area contributed by atoms with Crippen molar-refractivity contribution in [3.8, 4) is 0 Å². The van der Waals surface area contributed by atoms with Crippen molar-refractivity contribution in [2.45, 2.75) is 90.6 Å². The van der Waals surface area contributed by atoms with Gasteiger partial charge in [-0.05, 0) is 86.0 Å². The molecule has 3 unspecified atom stereocenters. The lowest BCUT2D eigenvalue weighted by molar-refractivity contribution is -0.384. The zero-order valence-electron chi connectivity index (χ0n) is 23.4. The maximum Gasteiger partial charge on any atom is 0.303 e. The van der Waals surface area contributed by atoms with Crippen LogP contribution in [-0.4, -0.2) is 32.9 Å². The molecule has 1 aromatic carbocycles. The Balaban J connectivity index is 1.44. The number of aliphatic carboxylic acids is 1. The number of nitro groups is 1. The summed E-state index contributed by atoms with van der Waals surface area (Å²) in [6.45, 7) is 6.97. The number of hydrazone groups is 1. The Labute approximate surface area is 230 Å². The molecule has 4 saturated carbocycles. The number of fused-ring (bicyclic) bond motifs is 5. The molecule has 214 valence electrons. The van der Waals surface area contributed by atoms with Crippen molar-refractivity contribution in [1.82, 2.24) is 0 Å². The van der Waals surface area contributed by atoms with E-state index >= 15 is 0 Å². The molecular weight excluding hydrogens is 496 g/mol. The van der Waals surface area contributed by atoms with E-state index < -0.39 is 16.5 Å². The third-order valence-corrected chi connectivity index (χ3v) is 11.9. The first kappa shape index (κ1) is 27.9. The minimum atomic E-state index is -0.828. The molecule has 1 aromatic rings. The van der Waals surface area contributed by atoms with Crippen LogP contribution in [0.5, 0.6) is 0 Å². The third-order valence-electron chi connectivity index (χ3n) is 11.9. The van der Waals surface area contributed by atoms with E-state index in [2.05, 4.69) is 31.3 Å². The van der Waals surface area contributed by atoms with Gasteiger partial charge in [0.15, 0.2) is 0 Å². The zero-order chi connectivity index (χ0) is 28.2. The number of aliphatic hydroxyl groups is 1. The number of carbonyl (C=O) groups is 1. The summed E-state index contributed by atoms with van der Waals surface area (Å²) in [6.07, 6.45) is 11.2. The Bertz CT molecular complexity index is 1160. The molecule has 0 radical (unpaired) electrons. The molecule has 0 amide bonds. The van der Waals surface area contributed by atoms with E-state index in [1.54, 1.807) is 6.07 Å². The number of nitro benzene ring substituents is 1. The van der Waals surface area contributed by atoms with Gasteiger partial charge < -0.3 is 15.9 Å². The van der Waals surface area contributed by atoms with Crippen molar-refractivity contribution >= 4 is 29.2 Å². The second-order valence-corrected chi connectivity index (χ2v) is 13.4. The lowest BCUT2D eigenvalue weighted by atomic mass is 9.53. The molecular formula is C30H44N4O5. The second kappa shape index (κ2) is 10.1. The summed E-state index contributed by atoms with van der Waals surface area (Å²) in [4.78, 5) is 21.9. The molecule has 9 atom stereocenters. The Morgan fingerprint density at radius 3 is 2.67 bits per heavy atom. The quantitative estimate of drug-likeness (QED) is 0.135. The molecule has 4 fully saturated rings. The number of nitrogen functional groups attached to an aromatic ring is 1. The molecule has 9 heteroatoms. The van der Waals surface area contributed by atoms with Crippen LogP contribution < -0.4 is 11.2 Å². The van der Waals surface area contributed by atoms with Crippen LogP contribution in [0, 0.1) is 56.5 Å². The van der Waals surface area contributed by atoms with Gasteiger partial charge in [-0.1, -0.05) is 33.6 Å². The average molecular weight is 541 g/mol. The molecule has 4 aliphatic rings. The normalized spacial score (nSPS) is 40.1. The van der Waals surface area contributed by atoms with Crippen LogP contribution in [0.1, 0.15) is 85.0 Å². The van der Waals surface area contributed by atoms with Crippen molar-refractivity contribution in [3.05, 3.63) is 28.3 Å². The van der Waals surface area contributed by atoms with Crippen molar-refractivity contribution in [3.63, 3.8) is 0 Å². The van der Waals surface area contributed by atoms with Crippen LogP contribution in [0.15, 0.2) is 23.3 Å². The van der Waals surface area contributed by atoms with E-state index in [1.165, 1.54) is 12.1 Å². The van der Waals surface area contributed by atoms with E-state index in [9.17, 15) is 25.1 Å². The minimum Gasteiger partial charge on any atom is -0.481 e. The Kier molecular flexibility index (Phi) is 7.19. The molecule has 9 nitrogen and oxygen atoms in total. The molecule has 0 aliphatic heterocycles. The van der Waals surface area contributed by atoms with Crippen molar-refractivity contribution in [2.75, 3.05) is 11.2 Å². The highest BCUT2D eigenvalue weighted by Crippen LogP contribution is 2.72. The average Bonchev–Trinajstić information content (AvgIpc) is 3.33. The van der Waals surface area contributed by atoms with Crippen LogP contribution in [0.25, 0.3) is 0 Å². The van der Waals surface area contributed by atoms with E-state index in [0.29, 0.717) is 41.7 Å². The topological polar surface area (TPSA) is 151 Å².